The number of amides is 1. The molecule has 9 heteroatoms. The van der Waals surface area contributed by atoms with Crippen molar-refractivity contribution >= 4 is 32.6 Å². The van der Waals surface area contributed by atoms with E-state index in [2.05, 4.69) is 25.6 Å². The van der Waals surface area contributed by atoms with Gasteiger partial charge in [0, 0.05) is 25.7 Å². The monoisotopic (exact) mass is 427 g/mol. The number of nitrogens with one attached hydrogen (secondary N) is 2. The number of fused-ring (bicyclic) bond motifs is 1. The molecule has 1 fully saturated rings. The van der Waals surface area contributed by atoms with Crippen molar-refractivity contribution in [1.29, 1.82) is 0 Å². The van der Waals surface area contributed by atoms with Gasteiger partial charge in [-0.3, -0.25) is 4.79 Å². The molecule has 1 aliphatic carbocycles. The number of anilines is 1. The van der Waals surface area contributed by atoms with Crippen LogP contribution in [-0.2, 0) is 0 Å². The maximum atomic E-state index is 11.9. The molecule has 8 nitrogen and oxygen atoms in total. The highest BCUT2D eigenvalue weighted by molar-refractivity contribution is 7.22. The quantitative estimate of drug-likeness (QED) is 0.582. The Labute approximate surface area is 179 Å². The van der Waals surface area contributed by atoms with E-state index in [1.165, 1.54) is 52.3 Å². The van der Waals surface area contributed by atoms with Gasteiger partial charge >= 0.3 is 6.01 Å². The highest BCUT2D eigenvalue weighted by Crippen LogP contribution is 2.32. The molecule has 2 aromatic heterocycles. The standard InChI is InChI=1S/C21H25N5O3S/c1-22-19(27)16-11-18(26-20(24-16)28-2)29-14-8-9-15-17(10-14)30-21(25-15)23-12-13-6-4-3-5-7-13/h8-11,13H,3-7,12H2,1-2H3,(H,22,27)(H,23,25). The van der Waals surface area contributed by atoms with E-state index in [4.69, 9.17) is 9.47 Å². The SMILES string of the molecule is CNC(=O)c1cc(Oc2ccc3nc(NCC4CCCCC4)sc3c2)nc(OC)n1. The van der Waals surface area contributed by atoms with E-state index in [1.54, 1.807) is 11.3 Å². The number of aromatic nitrogens is 3. The van der Waals surface area contributed by atoms with Crippen LogP contribution in [0, 0.1) is 5.92 Å². The summed E-state index contributed by atoms with van der Waals surface area (Å²) in [6.07, 6.45) is 6.64. The van der Waals surface area contributed by atoms with Gasteiger partial charge < -0.3 is 20.1 Å². The molecule has 30 heavy (non-hydrogen) atoms. The average molecular weight is 428 g/mol. The molecule has 0 saturated heterocycles. The number of hydrogen-bond acceptors (Lipinski definition) is 8. The number of rotatable bonds is 7. The van der Waals surface area contributed by atoms with Crippen molar-refractivity contribution in [2.24, 2.45) is 5.92 Å². The van der Waals surface area contributed by atoms with Crippen LogP contribution in [0.1, 0.15) is 42.6 Å². The molecular weight excluding hydrogens is 402 g/mol. The Bertz CT molecular complexity index is 1030. The van der Waals surface area contributed by atoms with Gasteiger partial charge in [0.05, 0.1) is 17.3 Å². The van der Waals surface area contributed by atoms with E-state index in [-0.39, 0.29) is 23.5 Å². The van der Waals surface area contributed by atoms with Gasteiger partial charge in [0.15, 0.2) is 5.13 Å². The first-order chi connectivity index (χ1) is 14.6. The van der Waals surface area contributed by atoms with Crippen molar-refractivity contribution < 1.29 is 14.3 Å². The lowest BCUT2D eigenvalue weighted by Crippen LogP contribution is -2.19. The first kappa shape index (κ1) is 20.3. The molecule has 0 radical (unpaired) electrons. The summed E-state index contributed by atoms with van der Waals surface area (Å²) in [4.78, 5) is 24.8. The highest BCUT2D eigenvalue weighted by atomic mass is 32.1. The largest absolute Gasteiger partial charge is 0.467 e. The molecule has 0 bridgehead atoms. The van der Waals surface area contributed by atoms with Gasteiger partial charge in [0.25, 0.3) is 5.91 Å². The topological polar surface area (TPSA) is 98.3 Å². The van der Waals surface area contributed by atoms with Gasteiger partial charge in [0.1, 0.15) is 11.4 Å². The van der Waals surface area contributed by atoms with Gasteiger partial charge in [-0.05, 0) is 30.9 Å². The second-order valence-electron chi connectivity index (χ2n) is 7.29. The zero-order valence-electron chi connectivity index (χ0n) is 17.1. The molecule has 1 aliphatic rings. The number of methoxy groups -OCH3 is 1. The van der Waals surface area contributed by atoms with E-state index in [1.807, 2.05) is 18.2 Å². The van der Waals surface area contributed by atoms with Crippen LogP contribution in [0.3, 0.4) is 0 Å². The molecule has 1 aromatic carbocycles. The third kappa shape index (κ3) is 4.79. The molecule has 2 N–H and O–H groups in total. The van der Waals surface area contributed by atoms with Crippen LogP contribution >= 0.6 is 11.3 Å². The molecule has 4 rings (SSSR count). The van der Waals surface area contributed by atoms with Crippen LogP contribution in [0.5, 0.6) is 17.6 Å². The van der Waals surface area contributed by atoms with Gasteiger partial charge in [-0.2, -0.15) is 9.97 Å². The van der Waals surface area contributed by atoms with E-state index >= 15 is 0 Å². The van der Waals surface area contributed by atoms with Crippen molar-refractivity contribution in [3.8, 4) is 17.6 Å². The van der Waals surface area contributed by atoms with Gasteiger partial charge in [-0.15, -0.1) is 0 Å². The van der Waals surface area contributed by atoms with Gasteiger partial charge in [0.2, 0.25) is 5.88 Å². The van der Waals surface area contributed by atoms with E-state index in [9.17, 15) is 4.79 Å². The lowest BCUT2D eigenvalue weighted by molar-refractivity contribution is 0.0956. The summed E-state index contributed by atoms with van der Waals surface area (Å²) in [5.74, 6) is 1.24. The van der Waals surface area contributed by atoms with Crippen LogP contribution in [0.15, 0.2) is 24.3 Å². The Morgan fingerprint density at radius 3 is 2.77 bits per heavy atom. The predicted octanol–water partition coefficient (Wildman–Crippen LogP) is 4.24. The predicted molar refractivity (Wildman–Crippen MR) is 117 cm³/mol. The minimum absolute atomic E-state index is 0.0687. The van der Waals surface area contributed by atoms with Crippen molar-refractivity contribution in [3.63, 3.8) is 0 Å². The Morgan fingerprint density at radius 2 is 2.00 bits per heavy atom. The molecule has 158 valence electrons. The second kappa shape index (κ2) is 9.25. The number of benzene rings is 1. The second-order valence-corrected chi connectivity index (χ2v) is 8.32. The van der Waals surface area contributed by atoms with E-state index < -0.39 is 0 Å². The molecule has 0 atom stereocenters. The zero-order chi connectivity index (χ0) is 20.9. The van der Waals surface area contributed by atoms with Crippen LogP contribution in [-0.4, -0.2) is 41.6 Å². The lowest BCUT2D eigenvalue weighted by Gasteiger charge is -2.21. The summed E-state index contributed by atoms with van der Waals surface area (Å²) in [7, 11) is 2.98. The third-order valence-electron chi connectivity index (χ3n) is 5.17. The fraction of sp³-hybridized carbons (Fsp3) is 0.429. The first-order valence-electron chi connectivity index (χ1n) is 10.1. The Hall–Kier alpha value is -2.94. The van der Waals surface area contributed by atoms with Gasteiger partial charge in [-0.25, -0.2) is 4.98 Å². The third-order valence-corrected chi connectivity index (χ3v) is 6.15. The fourth-order valence-electron chi connectivity index (χ4n) is 3.58. The Morgan fingerprint density at radius 1 is 1.17 bits per heavy atom. The van der Waals surface area contributed by atoms with E-state index in [0.717, 1.165) is 27.8 Å². The molecule has 3 aromatic rings. The van der Waals surface area contributed by atoms with Crippen LogP contribution < -0.4 is 20.1 Å². The lowest BCUT2D eigenvalue weighted by atomic mass is 9.89. The maximum absolute atomic E-state index is 11.9. The molecule has 2 heterocycles. The minimum atomic E-state index is -0.341. The van der Waals surface area contributed by atoms with Crippen LogP contribution in [0.2, 0.25) is 0 Å². The van der Waals surface area contributed by atoms with Crippen LogP contribution in [0.4, 0.5) is 5.13 Å². The molecular formula is C21H25N5O3S. The smallest absolute Gasteiger partial charge is 0.320 e. The Kier molecular flexibility index (Phi) is 6.27. The summed E-state index contributed by atoms with van der Waals surface area (Å²) >= 11 is 1.61. The number of thiazole rings is 1. The fourth-order valence-corrected chi connectivity index (χ4v) is 4.48. The number of carbonyl (C=O) groups is 1. The van der Waals surface area contributed by atoms with Crippen molar-refractivity contribution in [1.82, 2.24) is 20.3 Å². The summed E-state index contributed by atoms with van der Waals surface area (Å²) in [6, 6.07) is 7.23. The molecule has 0 spiro atoms. The number of nitrogens with zero attached hydrogens (tertiary/aromatic N) is 3. The average Bonchev–Trinajstić information content (AvgIpc) is 3.19. The minimum Gasteiger partial charge on any atom is -0.467 e. The Balaban J connectivity index is 1.49. The zero-order valence-corrected chi connectivity index (χ0v) is 17.9. The summed E-state index contributed by atoms with van der Waals surface area (Å²) in [6.45, 7) is 0.978. The van der Waals surface area contributed by atoms with Crippen molar-refractivity contribution in [2.45, 2.75) is 32.1 Å². The first-order valence-corrected chi connectivity index (χ1v) is 10.9. The summed E-state index contributed by atoms with van der Waals surface area (Å²) in [5.41, 5.74) is 1.09. The maximum Gasteiger partial charge on any atom is 0.320 e. The highest BCUT2D eigenvalue weighted by Gasteiger charge is 2.15. The van der Waals surface area contributed by atoms with E-state index in [0.29, 0.717) is 5.75 Å². The molecule has 0 aliphatic heterocycles. The molecule has 0 unspecified atom stereocenters. The summed E-state index contributed by atoms with van der Waals surface area (Å²) < 4.78 is 12.0. The summed E-state index contributed by atoms with van der Waals surface area (Å²) in [5, 5.41) is 6.96. The van der Waals surface area contributed by atoms with Crippen LogP contribution in [0.25, 0.3) is 10.2 Å². The van der Waals surface area contributed by atoms with Crippen molar-refractivity contribution in [3.05, 3.63) is 30.0 Å². The molecule has 1 saturated carbocycles. The normalized spacial score (nSPS) is 14.5. The number of carbonyl (C=O) groups excluding carboxylic acids is 1. The van der Waals surface area contributed by atoms with Gasteiger partial charge in [-0.1, -0.05) is 30.6 Å². The molecule has 1 amide bonds. The number of ether oxygens (including phenoxy) is 2. The van der Waals surface area contributed by atoms with Crippen molar-refractivity contribution in [2.75, 3.05) is 26.0 Å². The number of hydrogen-bond donors (Lipinski definition) is 2.